The first kappa shape index (κ1) is 18.4. The van der Waals surface area contributed by atoms with E-state index >= 15 is 0 Å². The minimum atomic E-state index is 0.176. The second-order valence-electron chi connectivity index (χ2n) is 6.08. The Bertz CT molecular complexity index is 322. The van der Waals surface area contributed by atoms with Crippen molar-refractivity contribution in [3.8, 4) is 0 Å². The smallest absolute Gasteiger partial charge is 0.191 e. The molecule has 0 bridgehead atoms. The van der Waals surface area contributed by atoms with Crippen molar-refractivity contribution in [1.29, 1.82) is 0 Å². The van der Waals surface area contributed by atoms with Crippen LogP contribution in [0.15, 0.2) is 17.6 Å². The van der Waals surface area contributed by atoms with Gasteiger partial charge in [-0.1, -0.05) is 12.5 Å². The molecule has 1 aliphatic heterocycles. The van der Waals surface area contributed by atoms with Crippen molar-refractivity contribution in [2.45, 2.75) is 38.6 Å². The summed E-state index contributed by atoms with van der Waals surface area (Å²) in [6.45, 7) is 12.7. The van der Waals surface area contributed by atoms with Crippen LogP contribution >= 0.6 is 11.8 Å². The molecular weight excluding hydrogens is 280 g/mol. The lowest BCUT2D eigenvalue weighted by atomic mass is 9.98. The van der Waals surface area contributed by atoms with Gasteiger partial charge in [0.15, 0.2) is 5.96 Å². The van der Waals surface area contributed by atoms with E-state index in [2.05, 4.69) is 41.0 Å². The molecule has 1 aliphatic rings. The average Bonchev–Trinajstić information content (AvgIpc) is 2.51. The van der Waals surface area contributed by atoms with E-state index in [9.17, 15) is 0 Å². The van der Waals surface area contributed by atoms with Crippen LogP contribution in [-0.4, -0.2) is 61.1 Å². The molecule has 1 saturated heterocycles. The minimum Gasteiger partial charge on any atom is -0.356 e. The topological polar surface area (TPSA) is 39.7 Å². The molecule has 0 atom stereocenters. The number of likely N-dealkylation sites (tertiary alicyclic amines) is 1. The Labute approximate surface area is 134 Å². The Kier molecular flexibility index (Phi) is 8.85. The summed E-state index contributed by atoms with van der Waals surface area (Å²) in [5.41, 5.74) is 0.176. The van der Waals surface area contributed by atoms with E-state index in [0.29, 0.717) is 0 Å². The molecular formula is C16H32N4S. The fourth-order valence-corrected chi connectivity index (χ4v) is 3.12. The van der Waals surface area contributed by atoms with Gasteiger partial charge in [0.2, 0.25) is 0 Å². The maximum Gasteiger partial charge on any atom is 0.191 e. The molecule has 21 heavy (non-hydrogen) atoms. The highest BCUT2D eigenvalue weighted by Crippen LogP contribution is 2.19. The molecule has 0 aromatic carbocycles. The summed E-state index contributed by atoms with van der Waals surface area (Å²) in [6.07, 6.45) is 5.98. The average molecular weight is 313 g/mol. The van der Waals surface area contributed by atoms with Gasteiger partial charge in [0.25, 0.3) is 0 Å². The fraction of sp³-hybridized carbons (Fsp3) is 0.812. The molecule has 5 heteroatoms. The second kappa shape index (κ2) is 10.1. The third-order valence-corrected chi connectivity index (χ3v) is 4.86. The van der Waals surface area contributed by atoms with Crippen LogP contribution in [0.4, 0.5) is 0 Å². The highest BCUT2D eigenvalue weighted by Gasteiger charge is 2.27. The molecule has 0 unspecified atom stereocenters. The first-order chi connectivity index (χ1) is 10.1. The van der Waals surface area contributed by atoms with Gasteiger partial charge in [-0.25, -0.2) is 0 Å². The van der Waals surface area contributed by atoms with Gasteiger partial charge in [0.05, 0.1) is 0 Å². The molecule has 2 N–H and O–H groups in total. The van der Waals surface area contributed by atoms with Crippen LogP contribution in [0.3, 0.4) is 0 Å². The monoisotopic (exact) mass is 312 g/mol. The highest BCUT2D eigenvalue weighted by molar-refractivity contribution is 7.99. The zero-order valence-corrected chi connectivity index (χ0v) is 14.8. The predicted molar refractivity (Wildman–Crippen MR) is 96.4 cm³/mol. The summed E-state index contributed by atoms with van der Waals surface area (Å²) in [6, 6.07) is 0. The molecule has 1 heterocycles. The Morgan fingerprint density at radius 1 is 1.29 bits per heavy atom. The van der Waals surface area contributed by atoms with E-state index in [1.165, 1.54) is 32.4 Å². The van der Waals surface area contributed by atoms with Crippen LogP contribution in [0.2, 0.25) is 0 Å². The Morgan fingerprint density at radius 2 is 2.00 bits per heavy atom. The number of nitrogens with zero attached hydrogens (tertiary/aromatic N) is 2. The number of hydrogen-bond donors (Lipinski definition) is 2. The minimum absolute atomic E-state index is 0.176. The molecule has 0 aliphatic carbocycles. The SMILES string of the molecule is C=CCSCCNC(=NC)NCC(C)(C)N1CCCCC1. The van der Waals surface area contributed by atoms with E-state index in [4.69, 9.17) is 0 Å². The van der Waals surface area contributed by atoms with Gasteiger partial charge < -0.3 is 10.6 Å². The summed E-state index contributed by atoms with van der Waals surface area (Å²) < 4.78 is 0. The number of nitrogens with one attached hydrogen (secondary N) is 2. The zero-order chi connectivity index (χ0) is 15.6. The summed E-state index contributed by atoms with van der Waals surface area (Å²) in [4.78, 5) is 6.89. The third-order valence-electron chi connectivity index (χ3n) is 3.90. The van der Waals surface area contributed by atoms with Gasteiger partial charge in [-0.3, -0.25) is 9.89 Å². The molecule has 0 radical (unpaired) electrons. The maximum atomic E-state index is 4.30. The number of piperidine rings is 1. The maximum absolute atomic E-state index is 4.30. The van der Waals surface area contributed by atoms with Crippen molar-refractivity contribution in [3.05, 3.63) is 12.7 Å². The highest BCUT2D eigenvalue weighted by atomic mass is 32.2. The number of rotatable bonds is 8. The quantitative estimate of drug-likeness (QED) is 0.312. The van der Waals surface area contributed by atoms with Crippen molar-refractivity contribution in [2.75, 3.05) is 44.7 Å². The van der Waals surface area contributed by atoms with E-state index in [-0.39, 0.29) is 5.54 Å². The molecule has 0 saturated carbocycles. The van der Waals surface area contributed by atoms with Crippen LogP contribution < -0.4 is 10.6 Å². The normalized spacial score (nSPS) is 17.6. The van der Waals surface area contributed by atoms with Gasteiger partial charge in [0.1, 0.15) is 0 Å². The van der Waals surface area contributed by atoms with E-state index in [0.717, 1.165) is 30.6 Å². The number of thioether (sulfide) groups is 1. The Balaban J connectivity index is 2.27. The van der Waals surface area contributed by atoms with E-state index in [1.54, 1.807) is 0 Å². The molecule has 1 rings (SSSR count). The van der Waals surface area contributed by atoms with Crippen molar-refractivity contribution in [1.82, 2.24) is 15.5 Å². The van der Waals surface area contributed by atoms with E-state index in [1.807, 2.05) is 24.9 Å². The molecule has 0 amide bonds. The molecule has 1 fully saturated rings. The van der Waals surface area contributed by atoms with Gasteiger partial charge in [-0.05, 0) is 39.8 Å². The zero-order valence-electron chi connectivity index (χ0n) is 14.0. The van der Waals surface area contributed by atoms with E-state index < -0.39 is 0 Å². The predicted octanol–water partition coefficient (Wildman–Crippen LogP) is 2.34. The van der Waals surface area contributed by atoms with Crippen LogP contribution in [0.5, 0.6) is 0 Å². The third kappa shape index (κ3) is 7.23. The van der Waals surface area contributed by atoms with Gasteiger partial charge >= 0.3 is 0 Å². The molecule has 122 valence electrons. The molecule has 0 aromatic rings. The molecule has 0 aromatic heterocycles. The van der Waals surface area contributed by atoms with Crippen LogP contribution in [0.25, 0.3) is 0 Å². The van der Waals surface area contributed by atoms with Crippen molar-refractivity contribution < 1.29 is 0 Å². The van der Waals surface area contributed by atoms with Gasteiger partial charge in [-0.15, -0.1) is 6.58 Å². The summed E-state index contributed by atoms with van der Waals surface area (Å²) in [7, 11) is 1.83. The second-order valence-corrected chi connectivity index (χ2v) is 7.23. The first-order valence-corrected chi connectivity index (χ1v) is 9.14. The standard InChI is InChI=1S/C16H32N4S/c1-5-12-21-13-9-18-15(17-4)19-14-16(2,3)20-10-7-6-8-11-20/h5H,1,6-14H2,2-4H3,(H2,17,18,19). The summed E-state index contributed by atoms with van der Waals surface area (Å²) in [5.74, 6) is 2.98. The molecule has 0 spiro atoms. The lowest BCUT2D eigenvalue weighted by Gasteiger charge is -2.41. The lowest BCUT2D eigenvalue weighted by molar-refractivity contribution is 0.0982. The van der Waals surface area contributed by atoms with Gasteiger partial charge in [0, 0.05) is 37.2 Å². The Hall–Kier alpha value is -0.680. The van der Waals surface area contributed by atoms with Crippen LogP contribution in [-0.2, 0) is 0 Å². The summed E-state index contributed by atoms with van der Waals surface area (Å²) in [5, 5.41) is 6.83. The van der Waals surface area contributed by atoms with Crippen LogP contribution in [0.1, 0.15) is 33.1 Å². The first-order valence-electron chi connectivity index (χ1n) is 7.98. The lowest BCUT2D eigenvalue weighted by Crippen LogP contribution is -2.55. The summed E-state index contributed by atoms with van der Waals surface area (Å²) >= 11 is 1.88. The number of guanidine groups is 1. The molecule has 4 nitrogen and oxygen atoms in total. The van der Waals surface area contributed by atoms with Crippen molar-refractivity contribution in [3.63, 3.8) is 0 Å². The van der Waals surface area contributed by atoms with Crippen molar-refractivity contribution >= 4 is 17.7 Å². The van der Waals surface area contributed by atoms with Gasteiger partial charge in [-0.2, -0.15) is 11.8 Å². The number of aliphatic imine (C=N–C) groups is 1. The Morgan fingerprint density at radius 3 is 2.62 bits per heavy atom. The van der Waals surface area contributed by atoms with Crippen molar-refractivity contribution in [2.24, 2.45) is 4.99 Å². The number of hydrogen-bond acceptors (Lipinski definition) is 3. The largest absolute Gasteiger partial charge is 0.356 e. The van der Waals surface area contributed by atoms with Crippen LogP contribution in [0, 0.1) is 0 Å². The fourth-order valence-electron chi connectivity index (χ4n) is 2.54.